The lowest BCUT2D eigenvalue weighted by atomic mass is 9.94. The fraction of sp³-hybridized carbons (Fsp3) is 0.346. The smallest absolute Gasteiger partial charge is 0.325 e. The number of rotatable bonds is 7. The molecule has 1 aliphatic heterocycles. The van der Waals surface area contributed by atoms with Gasteiger partial charge in [0.25, 0.3) is 5.56 Å². The molecule has 2 aromatic carbocycles. The third kappa shape index (κ3) is 5.28. The molecule has 188 valence electrons. The second kappa shape index (κ2) is 10.0. The number of piperidine rings is 1. The van der Waals surface area contributed by atoms with Gasteiger partial charge in [0.2, 0.25) is 5.88 Å². The Bertz CT molecular complexity index is 1510. The molecule has 0 spiro atoms. The van der Waals surface area contributed by atoms with Gasteiger partial charge in [-0.3, -0.25) is 9.36 Å². The predicted octanol–water partition coefficient (Wildman–Crippen LogP) is 3.79. The number of methoxy groups -OCH3 is 1. The van der Waals surface area contributed by atoms with E-state index in [9.17, 15) is 19.1 Å². The maximum atomic E-state index is 13.6. The third-order valence-electron chi connectivity index (χ3n) is 6.89. The monoisotopic (exact) mass is 508 g/mol. The minimum absolute atomic E-state index is 0.0941. The lowest BCUT2D eigenvalue weighted by molar-refractivity contribution is 0.350. The molecule has 1 aliphatic rings. The number of benzene rings is 2. The maximum absolute atomic E-state index is 13.6. The molecule has 9 nitrogen and oxygen atoms in total. The van der Waals surface area contributed by atoms with Crippen LogP contribution in [-0.2, 0) is 11.1 Å². The van der Waals surface area contributed by atoms with Gasteiger partial charge in [0.1, 0.15) is 5.82 Å². The summed E-state index contributed by atoms with van der Waals surface area (Å²) in [5.41, 5.74) is 0.769. The molecule has 0 saturated carbocycles. The number of anilines is 1. The Hall–Kier alpha value is -3.26. The van der Waals surface area contributed by atoms with Gasteiger partial charge < -0.3 is 19.4 Å². The van der Waals surface area contributed by atoms with Crippen LogP contribution in [0.4, 0.5) is 5.82 Å². The Balaban J connectivity index is 1.45. The summed E-state index contributed by atoms with van der Waals surface area (Å²) in [6.07, 6.45) is 3.63. The number of aromatic nitrogens is 3. The van der Waals surface area contributed by atoms with Crippen molar-refractivity contribution in [2.24, 2.45) is 5.92 Å². The molecule has 10 heteroatoms. The molecule has 0 amide bonds. The third-order valence-corrected chi connectivity index (χ3v) is 7.73. The largest absolute Gasteiger partial charge is 0.481 e. The van der Waals surface area contributed by atoms with E-state index < -0.39 is 7.60 Å². The van der Waals surface area contributed by atoms with Crippen molar-refractivity contribution in [2.75, 3.05) is 31.3 Å². The molecular formula is C26H29N4O5P. The van der Waals surface area contributed by atoms with Gasteiger partial charge in [0.05, 0.1) is 31.4 Å². The fourth-order valence-electron chi connectivity index (χ4n) is 4.90. The summed E-state index contributed by atoms with van der Waals surface area (Å²) in [6, 6.07) is 16.0. The first kappa shape index (κ1) is 24.4. The molecule has 0 bridgehead atoms. The summed E-state index contributed by atoms with van der Waals surface area (Å²) in [5, 5.41) is 7.85. The Morgan fingerprint density at radius 1 is 1.06 bits per heavy atom. The first-order valence-corrected chi connectivity index (χ1v) is 13.8. The van der Waals surface area contributed by atoms with Gasteiger partial charge in [-0.25, -0.2) is 4.68 Å². The molecule has 4 aromatic rings. The highest BCUT2D eigenvalue weighted by Gasteiger charge is 2.26. The van der Waals surface area contributed by atoms with Crippen LogP contribution in [0.25, 0.3) is 21.5 Å². The van der Waals surface area contributed by atoms with Gasteiger partial charge in [-0.1, -0.05) is 36.4 Å². The van der Waals surface area contributed by atoms with E-state index in [1.54, 1.807) is 19.4 Å². The van der Waals surface area contributed by atoms with Crippen LogP contribution in [0.15, 0.2) is 59.5 Å². The average Bonchev–Trinajstić information content (AvgIpc) is 2.88. The van der Waals surface area contributed by atoms with Crippen LogP contribution in [0.2, 0.25) is 0 Å². The number of hydrogen-bond donors (Lipinski definition) is 2. The zero-order valence-corrected chi connectivity index (χ0v) is 21.0. The molecule has 0 radical (unpaired) electrons. The van der Waals surface area contributed by atoms with Crippen molar-refractivity contribution in [2.45, 2.75) is 25.8 Å². The van der Waals surface area contributed by atoms with Crippen molar-refractivity contribution in [3.63, 3.8) is 0 Å². The summed E-state index contributed by atoms with van der Waals surface area (Å²) in [4.78, 5) is 38.8. The second-order valence-corrected chi connectivity index (χ2v) is 11.1. The van der Waals surface area contributed by atoms with Crippen LogP contribution < -0.4 is 15.2 Å². The van der Waals surface area contributed by atoms with Crippen LogP contribution in [0, 0.1) is 5.92 Å². The van der Waals surface area contributed by atoms with Gasteiger partial charge in [0.15, 0.2) is 0 Å². The number of hydrogen-bond acceptors (Lipinski definition) is 6. The molecule has 0 atom stereocenters. The highest BCUT2D eigenvalue weighted by atomic mass is 31.2. The zero-order chi connectivity index (χ0) is 25.3. The van der Waals surface area contributed by atoms with Crippen molar-refractivity contribution in [1.82, 2.24) is 14.8 Å². The van der Waals surface area contributed by atoms with Crippen LogP contribution >= 0.6 is 7.60 Å². The van der Waals surface area contributed by atoms with Crippen molar-refractivity contribution in [1.29, 1.82) is 0 Å². The summed E-state index contributed by atoms with van der Waals surface area (Å²) in [7, 11) is -2.46. The van der Waals surface area contributed by atoms with Crippen molar-refractivity contribution in [3.05, 3.63) is 70.6 Å². The molecule has 1 saturated heterocycles. The van der Waals surface area contributed by atoms with Crippen LogP contribution in [0.1, 0.15) is 24.8 Å². The summed E-state index contributed by atoms with van der Waals surface area (Å²) < 4.78 is 18.1. The second-order valence-electron chi connectivity index (χ2n) is 9.35. The highest BCUT2D eigenvalue weighted by Crippen LogP contribution is 2.38. The summed E-state index contributed by atoms with van der Waals surface area (Å²) >= 11 is 0. The van der Waals surface area contributed by atoms with E-state index in [-0.39, 0.29) is 17.6 Å². The average molecular weight is 509 g/mol. The topological polar surface area (TPSA) is 118 Å². The highest BCUT2D eigenvalue weighted by molar-refractivity contribution is 7.51. The van der Waals surface area contributed by atoms with E-state index in [2.05, 4.69) is 27.1 Å². The van der Waals surface area contributed by atoms with E-state index in [0.717, 1.165) is 29.2 Å². The van der Waals surface area contributed by atoms with Gasteiger partial charge in [-0.05, 0) is 47.6 Å². The molecule has 5 rings (SSSR count). The SMILES string of the molecule is COc1cc2cnn(Cc3ccc4ccccc4c3)c(=O)c2c(N2CCC(CCP(=O)(O)O)CC2)n1. The zero-order valence-electron chi connectivity index (χ0n) is 20.1. The van der Waals surface area contributed by atoms with Crippen molar-refractivity contribution >= 4 is 35.0 Å². The molecule has 2 aromatic heterocycles. The molecule has 3 heterocycles. The van der Waals surface area contributed by atoms with E-state index in [4.69, 9.17) is 4.74 Å². The molecule has 0 unspecified atom stereocenters. The summed E-state index contributed by atoms with van der Waals surface area (Å²) in [5.74, 6) is 1.21. The lowest BCUT2D eigenvalue weighted by Gasteiger charge is -2.33. The molecule has 1 fully saturated rings. The predicted molar refractivity (Wildman–Crippen MR) is 140 cm³/mol. The quantitative estimate of drug-likeness (QED) is 0.362. The number of fused-ring (bicyclic) bond motifs is 2. The van der Waals surface area contributed by atoms with Gasteiger partial charge in [-0.2, -0.15) is 10.1 Å². The van der Waals surface area contributed by atoms with Gasteiger partial charge in [-0.15, -0.1) is 0 Å². The van der Waals surface area contributed by atoms with E-state index >= 15 is 0 Å². The Morgan fingerprint density at radius 3 is 2.53 bits per heavy atom. The Morgan fingerprint density at radius 2 is 1.81 bits per heavy atom. The summed E-state index contributed by atoms with van der Waals surface area (Å²) in [6.45, 7) is 1.64. The standard InChI is InChI=1S/C26H29N4O5P/c1-35-23-15-22-16-27-30(17-19-6-7-20-4-2-3-5-21(20)14-19)26(31)24(22)25(28-23)29-11-8-18(9-12-29)10-13-36(32,33)34/h2-7,14-16,18H,8-13,17H2,1H3,(H2,32,33,34). The van der Waals surface area contributed by atoms with E-state index in [1.807, 2.05) is 30.3 Å². The van der Waals surface area contributed by atoms with Crippen LogP contribution in [-0.4, -0.2) is 50.9 Å². The molecule has 2 N–H and O–H groups in total. The van der Waals surface area contributed by atoms with Crippen molar-refractivity contribution < 1.29 is 19.1 Å². The first-order valence-electron chi connectivity index (χ1n) is 12.0. The number of nitrogens with zero attached hydrogens (tertiary/aromatic N) is 4. The minimum Gasteiger partial charge on any atom is -0.481 e. The van der Waals surface area contributed by atoms with Gasteiger partial charge >= 0.3 is 7.60 Å². The van der Waals surface area contributed by atoms with Crippen LogP contribution in [0.3, 0.4) is 0 Å². The molecular weight excluding hydrogens is 479 g/mol. The van der Waals surface area contributed by atoms with E-state index in [1.165, 1.54) is 4.68 Å². The molecule has 36 heavy (non-hydrogen) atoms. The van der Waals surface area contributed by atoms with Crippen molar-refractivity contribution in [3.8, 4) is 5.88 Å². The van der Waals surface area contributed by atoms with E-state index in [0.29, 0.717) is 48.5 Å². The number of ether oxygens (including phenoxy) is 1. The fourth-order valence-corrected chi connectivity index (χ4v) is 5.60. The normalized spacial score (nSPS) is 15.0. The Labute approximate surface area is 208 Å². The number of pyridine rings is 1. The van der Waals surface area contributed by atoms with Crippen LogP contribution in [0.5, 0.6) is 5.88 Å². The maximum Gasteiger partial charge on any atom is 0.325 e. The lowest BCUT2D eigenvalue weighted by Crippen LogP contribution is -2.36. The minimum atomic E-state index is -4.00. The van der Waals surface area contributed by atoms with Gasteiger partial charge in [0, 0.05) is 24.5 Å². The Kier molecular flexibility index (Phi) is 6.79. The first-order chi connectivity index (χ1) is 17.3. The molecule has 0 aliphatic carbocycles.